The third-order valence-corrected chi connectivity index (χ3v) is 4.25. The van der Waals surface area contributed by atoms with Crippen LogP contribution in [-0.2, 0) is 11.3 Å². The Morgan fingerprint density at radius 3 is 2.87 bits per heavy atom. The third kappa shape index (κ3) is 3.89. The number of piperidine rings is 1. The van der Waals surface area contributed by atoms with Gasteiger partial charge in [0.25, 0.3) is 0 Å². The molecule has 3 rings (SSSR count). The summed E-state index contributed by atoms with van der Waals surface area (Å²) in [7, 11) is 0. The van der Waals surface area contributed by atoms with E-state index in [1.807, 2.05) is 54.4 Å². The van der Waals surface area contributed by atoms with Gasteiger partial charge in [-0.25, -0.2) is 4.79 Å². The third-order valence-electron chi connectivity index (χ3n) is 4.25. The van der Waals surface area contributed by atoms with Gasteiger partial charge in [0.1, 0.15) is 6.61 Å². The van der Waals surface area contributed by atoms with Gasteiger partial charge in [0.2, 0.25) is 0 Å². The Labute approximate surface area is 137 Å². The molecular formula is C19H22N2O2. The lowest BCUT2D eigenvalue weighted by molar-refractivity contribution is 0.0678. The number of ether oxygens (including phenoxy) is 1. The normalized spacial score (nSPS) is 17.8. The molecule has 1 saturated heterocycles. The first-order valence-electron chi connectivity index (χ1n) is 8.14. The van der Waals surface area contributed by atoms with Crippen molar-refractivity contribution in [2.75, 3.05) is 6.54 Å². The Morgan fingerprint density at radius 1 is 1.26 bits per heavy atom. The Hall–Kier alpha value is -2.36. The molecule has 1 aliphatic rings. The molecule has 0 spiro atoms. The largest absolute Gasteiger partial charge is 0.445 e. The van der Waals surface area contributed by atoms with E-state index in [-0.39, 0.29) is 12.1 Å². The smallest absolute Gasteiger partial charge is 0.410 e. The van der Waals surface area contributed by atoms with Crippen LogP contribution < -0.4 is 0 Å². The Morgan fingerprint density at radius 2 is 2.09 bits per heavy atom. The fraction of sp³-hybridized carbons (Fsp3) is 0.368. The molecule has 1 atom stereocenters. The summed E-state index contributed by atoms with van der Waals surface area (Å²) in [5.74, 6) is 0. The number of benzene rings is 1. The molecule has 4 heteroatoms. The number of nitrogens with zero attached hydrogens (tertiary/aromatic N) is 2. The zero-order valence-corrected chi connectivity index (χ0v) is 13.4. The topological polar surface area (TPSA) is 42.4 Å². The highest BCUT2D eigenvalue weighted by atomic mass is 16.6. The molecule has 2 heterocycles. The summed E-state index contributed by atoms with van der Waals surface area (Å²) in [6.07, 6.45) is 4.72. The van der Waals surface area contributed by atoms with E-state index in [4.69, 9.17) is 4.74 Å². The summed E-state index contributed by atoms with van der Waals surface area (Å²) in [5.41, 5.74) is 3.13. The molecule has 0 unspecified atom stereocenters. The second-order valence-corrected chi connectivity index (χ2v) is 5.98. The number of carbonyl (C=O) groups is 1. The van der Waals surface area contributed by atoms with Crippen molar-refractivity contribution in [1.29, 1.82) is 0 Å². The number of likely N-dealkylation sites (tertiary alicyclic amines) is 1. The number of hydrogen-bond acceptors (Lipinski definition) is 3. The van der Waals surface area contributed by atoms with Crippen LogP contribution in [0.3, 0.4) is 0 Å². The Kier molecular flexibility index (Phi) is 4.91. The molecule has 4 nitrogen and oxygen atoms in total. The van der Waals surface area contributed by atoms with Gasteiger partial charge in [-0.2, -0.15) is 0 Å². The van der Waals surface area contributed by atoms with Crippen LogP contribution in [0.15, 0.2) is 48.7 Å². The molecule has 0 saturated carbocycles. The second kappa shape index (κ2) is 7.27. The van der Waals surface area contributed by atoms with Crippen molar-refractivity contribution in [3.8, 4) is 0 Å². The van der Waals surface area contributed by atoms with Crippen molar-refractivity contribution < 1.29 is 9.53 Å². The van der Waals surface area contributed by atoms with Gasteiger partial charge < -0.3 is 9.64 Å². The van der Waals surface area contributed by atoms with Crippen LogP contribution in [0.1, 0.15) is 42.1 Å². The van der Waals surface area contributed by atoms with Gasteiger partial charge in [-0.1, -0.05) is 30.3 Å². The van der Waals surface area contributed by atoms with E-state index in [2.05, 4.69) is 11.1 Å². The van der Waals surface area contributed by atoms with Gasteiger partial charge in [0.05, 0.1) is 6.04 Å². The standard InChI is InChI=1S/C19H22N2O2/c1-15-13-17(10-11-20-15)18-9-5-6-12-21(18)19(22)23-14-16-7-3-2-4-8-16/h2-4,7-8,10-11,13,18H,5-6,9,12,14H2,1H3/t18-/m0/s1. The molecular weight excluding hydrogens is 288 g/mol. The van der Waals surface area contributed by atoms with E-state index in [0.29, 0.717) is 6.61 Å². The molecule has 1 aromatic carbocycles. The van der Waals surface area contributed by atoms with Crippen LogP contribution in [0.2, 0.25) is 0 Å². The van der Waals surface area contributed by atoms with Crippen molar-refractivity contribution >= 4 is 6.09 Å². The average molecular weight is 310 g/mol. The van der Waals surface area contributed by atoms with E-state index in [1.165, 1.54) is 0 Å². The first-order valence-corrected chi connectivity index (χ1v) is 8.14. The minimum atomic E-state index is -0.229. The molecule has 120 valence electrons. The average Bonchev–Trinajstić information content (AvgIpc) is 2.60. The number of amides is 1. The molecule has 1 amide bonds. The van der Waals surface area contributed by atoms with Crippen LogP contribution in [0.4, 0.5) is 4.79 Å². The summed E-state index contributed by atoms with van der Waals surface area (Å²) >= 11 is 0. The number of carbonyl (C=O) groups excluding carboxylic acids is 1. The van der Waals surface area contributed by atoms with Crippen LogP contribution in [0.5, 0.6) is 0 Å². The van der Waals surface area contributed by atoms with Gasteiger partial charge >= 0.3 is 6.09 Å². The quantitative estimate of drug-likeness (QED) is 0.851. The van der Waals surface area contributed by atoms with E-state index in [0.717, 1.165) is 42.6 Å². The highest BCUT2D eigenvalue weighted by Crippen LogP contribution is 2.31. The number of aryl methyl sites for hydroxylation is 1. The molecule has 23 heavy (non-hydrogen) atoms. The maximum absolute atomic E-state index is 12.5. The van der Waals surface area contributed by atoms with Crippen LogP contribution in [0, 0.1) is 6.92 Å². The van der Waals surface area contributed by atoms with E-state index in [9.17, 15) is 4.79 Å². The molecule has 0 N–H and O–H groups in total. The van der Waals surface area contributed by atoms with Crippen molar-refractivity contribution in [2.45, 2.75) is 38.8 Å². The zero-order valence-electron chi connectivity index (χ0n) is 13.4. The summed E-state index contributed by atoms with van der Waals surface area (Å²) in [4.78, 5) is 18.6. The molecule has 0 radical (unpaired) electrons. The maximum Gasteiger partial charge on any atom is 0.410 e. The highest BCUT2D eigenvalue weighted by Gasteiger charge is 2.29. The summed E-state index contributed by atoms with van der Waals surface area (Å²) in [6, 6.07) is 13.9. The van der Waals surface area contributed by atoms with Crippen molar-refractivity contribution in [1.82, 2.24) is 9.88 Å². The fourth-order valence-electron chi connectivity index (χ4n) is 3.07. The molecule has 1 fully saturated rings. The molecule has 1 aromatic heterocycles. The van der Waals surface area contributed by atoms with E-state index >= 15 is 0 Å². The lowest BCUT2D eigenvalue weighted by atomic mass is 9.96. The molecule has 2 aromatic rings. The minimum absolute atomic E-state index is 0.0914. The van der Waals surface area contributed by atoms with Crippen LogP contribution in [-0.4, -0.2) is 22.5 Å². The predicted molar refractivity (Wildman–Crippen MR) is 88.9 cm³/mol. The van der Waals surface area contributed by atoms with Gasteiger partial charge in [0.15, 0.2) is 0 Å². The minimum Gasteiger partial charge on any atom is -0.445 e. The Balaban J connectivity index is 1.69. The molecule has 0 aliphatic carbocycles. The summed E-state index contributed by atoms with van der Waals surface area (Å²) in [6.45, 7) is 3.04. The van der Waals surface area contributed by atoms with Gasteiger partial charge in [-0.3, -0.25) is 4.98 Å². The van der Waals surface area contributed by atoms with Crippen molar-refractivity contribution in [2.24, 2.45) is 0 Å². The predicted octanol–water partition coefficient (Wildman–Crippen LogP) is 4.25. The zero-order chi connectivity index (χ0) is 16.1. The fourth-order valence-corrected chi connectivity index (χ4v) is 3.07. The second-order valence-electron chi connectivity index (χ2n) is 5.98. The lowest BCUT2D eigenvalue weighted by Crippen LogP contribution is -2.38. The Bertz CT molecular complexity index is 657. The monoisotopic (exact) mass is 310 g/mol. The van der Waals surface area contributed by atoms with Crippen molar-refractivity contribution in [3.63, 3.8) is 0 Å². The van der Waals surface area contributed by atoms with Gasteiger partial charge in [0, 0.05) is 18.4 Å². The van der Waals surface area contributed by atoms with Crippen molar-refractivity contribution in [3.05, 3.63) is 65.5 Å². The molecule has 1 aliphatic heterocycles. The van der Waals surface area contributed by atoms with Gasteiger partial charge in [-0.15, -0.1) is 0 Å². The van der Waals surface area contributed by atoms with Crippen LogP contribution in [0.25, 0.3) is 0 Å². The van der Waals surface area contributed by atoms with E-state index in [1.54, 1.807) is 0 Å². The molecule has 0 bridgehead atoms. The summed E-state index contributed by atoms with van der Waals surface area (Å²) in [5, 5.41) is 0. The first kappa shape index (κ1) is 15.5. The SMILES string of the molecule is Cc1cc([C@@H]2CCCCN2C(=O)OCc2ccccc2)ccn1. The highest BCUT2D eigenvalue weighted by molar-refractivity contribution is 5.68. The number of aromatic nitrogens is 1. The number of pyridine rings is 1. The maximum atomic E-state index is 12.5. The van der Waals surface area contributed by atoms with Crippen LogP contribution >= 0.6 is 0 Å². The first-order chi connectivity index (χ1) is 11.2. The lowest BCUT2D eigenvalue weighted by Gasteiger charge is -2.35. The van der Waals surface area contributed by atoms with Gasteiger partial charge in [-0.05, 0) is 49.4 Å². The van der Waals surface area contributed by atoms with E-state index < -0.39 is 0 Å². The summed E-state index contributed by atoms with van der Waals surface area (Å²) < 4.78 is 5.52. The number of rotatable bonds is 3. The number of hydrogen-bond donors (Lipinski definition) is 0.